The first-order valence-electron chi connectivity index (χ1n) is 8.05. The lowest BCUT2D eigenvalue weighted by molar-refractivity contribution is 0.0940. The SMILES string of the molecule is Cc1cc(-c2ccccc2)cc(C(=O)NNS(=O)(=O)C2CCC2)c1F. The fraction of sp³-hybridized carbons (Fsp3) is 0.278. The molecular formula is C18H19FN2O3S. The summed E-state index contributed by atoms with van der Waals surface area (Å²) in [5.41, 5.74) is 3.76. The van der Waals surface area contributed by atoms with Crippen LogP contribution >= 0.6 is 0 Å². The fourth-order valence-corrected chi connectivity index (χ4v) is 4.04. The normalized spacial score (nSPS) is 14.8. The van der Waals surface area contributed by atoms with E-state index in [4.69, 9.17) is 0 Å². The van der Waals surface area contributed by atoms with E-state index in [0.29, 0.717) is 24.0 Å². The van der Waals surface area contributed by atoms with Crippen molar-refractivity contribution in [2.75, 3.05) is 0 Å². The standard InChI is InChI=1S/C18H19FN2O3S/c1-12-10-14(13-6-3-2-4-7-13)11-16(17(12)19)18(22)20-21-25(23,24)15-8-5-9-15/h2-4,6-7,10-11,15,21H,5,8-9H2,1H3,(H,20,22). The van der Waals surface area contributed by atoms with Gasteiger partial charge in [-0.1, -0.05) is 36.8 Å². The Morgan fingerprint density at radius 1 is 1.12 bits per heavy atom. The van der Waals surface area contributed by atoms with Crippen molar-refractivity contribution in [1.82, 2.24) is 10.3 Å². The maximum Gasteiger partial charge on any atom is 0.269 e. The first-order chi connectivity index (χ1) is 11.9. The summed E-state index contributed by atoms with van der Waals surface area (Å²) in [6, 6.07) is 12.3. The van der Waals surface area contributed by atoms with Gasteiger partial charge < -0.3 is 0 Å². The van der Waals surface area contributed by atoms with E-state index in [1.165, 1.54) is 6.07 Å². The molecule has 0 saturated heterocycles. The predicted octanol–water partition coefficient (Wildman–Crippen LogP) is 2.92. The van der Waals surface area contributed by atoms with E-state index < -0.39 is 27.0 Å². The molecule has 1 amide bonds. The van der Waals surface area contributed by atoms with Crippen molar-refractivity contribution in [2.24, 2.45) is 0 Å². The van der Waals surface area contributed by atoms with Crippen molar-refractivity contribution in [3.63, 3.8) is 0 Å². The largest absolute Gasteiger partial charge is 0.274 e. The number of rotatable bonds is 5. The van der Waals surface area contributed by atoms with Crippen molar-refractivity contribution in [3.05, 3.63) is 59.4 Å². The van der Waals surface area contributed by atoms with Gasteiger partial charge in [0.1, 0.15) is 5.82 Å². The second kappa shape index (κ2) is 6.93. The summed E-state index contributed by atoms with van der Waals surface area (Å²) < 4.78 is 38.3. The van der Waals surface area contributed by atoms with Gasteiger partial charge in [0.05, 0.1) is 10.8 Å². The Kier molecular flexibility index (Phi) is 4.87. The zero-order chi connectivity index (χ0) is 18.0. The molecule has 0 bridgehead atoms. The molecule has 0 radical (unpaired) electrons. The molecule has 7 heteroatoms. The molecule has 3 rings (SSSR count). The third-order valence-corrected chi connectivity index (χ3v) is 6.14. The van der Waals surface area contributed by atoms with Crippen LogP contribution in [0.1, 0.15) is 35.2 Å². The van der Waals surface area contributed by atoms with Gasteiger partial charge in [0.2, 0.25) is 10.0 Å². The minimum Gasteiger partial charge on any atom is -0.274 e. The summed E-state index contributed by atoms with van der Waals surface area (Å²) in [6.45, 7) is 1.57. The van der Waals surface area contributed by atoms with E-state index in [-0.39, 0.29) is 5.56 Å². The number of carbonyl (C=O) groups is 1. The minimum atomic E-state index is -3.62. The highest BCUT2D eigenvalue weighted by atomic mass is 32.2. The van der Waals surface area contributed by atoms with Gasteiger partial charge in [0.15, 0.2) is 0 Å². The summed E-state index contributed by atoms with van der Waals surface area (Å²) >= 11 is 0. The van der Waals surface area contributed by atoms with Crippen molar-refractivity contribution >= 4 is 15.9 Å². The van der Waals surface area contributed by atoms with Crippen LogP contribution in [0.5, 0.6) is 0 Å². The summed E-state index contributed by atoms with van der Waals surface area (Å²) in [5.74, 6) is -1.48. The van der Waals surface area contributed by atoms with Crippen LogP contribution in [0.15, 0.2) is 42.5 Å². The number of hydrogen-bond donors (Lipinski definition) is 2. The predicted molar refractivity (Wildman–Crippen MR) is 93.7 cm³/mol. The molecule has 0 atom stereocenters. The van der Waals surface area contributed by atoms with Gasteiger partial charge in [0.25, 0.3) is 5.91 Å². The molecule has 132 valence electrons. The Morgan fingerprint density at radius 2 is 1.80 bits per heavy atom. The Hall–Kier alpha value is -2.25. The number of halogens is 1. The molecule has 1 aliphatic carbocycles. The monoisotopic (exact) mass is 362 g/mol. The lowest BCUT2D eigenvalue weighted by Crippen LogP contribution is -2.48. The third kappa shape index (κ3) is 3.72. The average molecular weight is 362 g/mol. The number of amides is 1. The Balaban J connectivity index is 1.83. The first-order valence-corrected chi connectivity index (χ1v) is 9.59. The van der Waals surface area contributed by atoms with Gasteiger partial charge in [-0.3, -0.25) is 10.2 Å². The molecule has 1 saturated carbocycles. The van der Waals surface area contributed by atoms with Gasteiger partial charge in [-0.05, 0) is 48.6 Å². The Bertz CT molecular complexity index is 894. The summed E-state index contributed by atoms with van der Waals surface area (Å²) in [4.78, 5) is 14.4. The maximum absolute atomic E-state index is 14.4. The van der Waals surface area contributed by atoms with Crippen molar-refractivity contribution in [2.45, 2.75) is 31.4 Å². The third-order valence-electron chi connectivity index (χ3n) is 4.40. The number of benzene rings is 2. The lowest BCUT2D eigenvalue weighted by atomic mass is 9.99. The van der Waals surface area contributed by atoms with Crippen LogP contribution in [-0.2, 0) is 10.0 Å². The second-order valence-corrected chi connectivity index (χ2v) is 8.14. The van der Waals surface area contributed by atoms with Crippen LogP contribution in [0, 0.1) is 12.7 Å². The molecule has 0 unspecified atom stereocenters. The molecule has 0 aliphatic heterocycles. The van der Waals surface area contributed by atoms with Crippen LogP contribution in [-0.4, -0.2) is 19.6 Å². The first kappa shape index (κ1) is 17.6. The molecule has 1 fully saturated rings. The molecule has 5 nitrogen and oxygen atoms in total. The summed E-state index contributed by atoms with van der Waals surface area (Å²) in [7, 11) is -3.62. The highest BCUT2D eigenvalue weighted by Crippen LogP contribution is 2.26. The van der Waals surface area contributed by atoms with Crippen LogP contribution < -0.4 is 10.3 Å². The minimum absolute atomic E-state index is 0.199. The van der Waals surface area contributed by atoms with E-state index in [1.807, 2.05) is 30.3 Å². The topological polar surface area (TPSA) is 75.3 Å². The molecule has 2 N–H and O–H groups in total. The number of hydrazine groups is 1. The number of hydrogen-bond acceptors (Lipinski definition) is 3. The van der Waals surface area contributed by atoms with Crippen molar-refractivity contribution in [3.8, 4) is 11.1 Å². The molecule has 25 heavy (non-hydrogen) atoms. The van der Waals surface area contributed by atoms with E-state index in [1.54, 1.807) is 13.0 Å². The number of carbonyl (C=O) groups excluding carboxylic acids is 1. The maximum atomic E-state index is 14.4. The highest BCUT2D eigenvalue weighted by molar-refractivity contribution is 7.90. The van der Waals surface area contributed by atoms with Crippen molar-refractivity contribution in [1.29, 1.82) is 0 Å². The molecule has 2 aromatic carbocycles. The van der Waals surface area contributed by atoms with Crippen molar-refractivity contribution < 1.29 is 17.6 Å². The van der Waals surface area contributed by atoms with E-state index >= 15 is 0 Å². The molecule has 2 aromatic rings. The van der Waals surface area contributed by atoms with E-state index in [0.717, 1.165) is 12.0 Å². The van der Waals surface area contributed by atoms with Gasteiger partial charge in [-0.2, -0.15) is 0 Å². The van der Waals surface area contributed by atoms with Crippen LogP contribution in [0.2, 0.25) is 0 Å². The number of aryl methyl sites for hydroxylation is 1. The molecule has 0 aromatic heterocycles. The van der Waals surface area contributed by atoms with Crippen LogP contribution in [0.3, 0.4) is 0 Å². The lowest BCUT2D eigenvalue weighted by Gasteiger charge is -2.25. The summed E-state index contributed by atoms with van der Waals surface area (Å²) in [5, 5.41) is -0.491. The van der Waals surface area contributed by atoms with E-state index in [9.17, 15) is 17.6 Å². The van der Waals surface area contributed by atoms with Gasteiger partial charge in [0, 0.05) is 0 Å². The summed E-state index contributed by atoms with van der Waals surface area (Å²) in [6.07, 6.45) is 2.00. The fourth-order valence-electron chi connectivity index (χ4n) is 2.68. The second-order valence-electron chi connectivity index (χ2n) is 6.17. The van der Waals surface area contributed by atoms with E-state index in [2.05, 4.69) is 10.3 Å². The molecule has 1 aliphatic rings. The molecular weight excluding hydrogens is 343 g/mol. The number of sulfonamides is 1. The molecule has 0 spiro atoms. The average Bonchev–Trinajstić information content (AvgIpc) is 2.54. The Labute approximate surface area is 146 Å². The molecule has 0 heterocycles. The van der Waals surface area contributed by atoms with Gasteiger partial charge >= 0.3 is 0 Å². The quantitative estimate of drug-likeness (QED) is 0.803. The zero-order valence-corrected chi connectivity index (χ0v) is 14.6. The zero-order valence-electron chi connectivity index (χ0n) is 13.8. The number of nitrogens with one attached hydrogen (secondary N) is 2. The van der Waals surface area contributed by atoms with Crippen LogP contribution in [0.4, 0.5) is 4.39 Å². The van der Waals surface area contributed by atoms with Gasteiger partial charge in [-0.15, -0.1) is 4.83 Å². The highest BCUT2D eigenvalue weighted by Gasteiger charge is 2.31. The van der Waals surface area contributed by atoms with Crippen LogP contribution in [0.25, 0.3) is 11.1 Å². The smallest absolute Gasteiger partial charge is 0.269 e. The Morgan fingerprint density at radius 3 is 2.40 bits per heavy atom. The van der Waals surface area contributed by atoms with Gasteiger partial charge in [-0.25, -0.2) is 12.8 Å².